The molecule has 3 heteroatoms. The van der Waals surface area contributed by atoms with Crippen molar-refractivity contribution in [3.05, 3.63) is 40.2 Å². The van der Waals surface area contributed by atoms with Crippen LogP contribution in [0.3, 0.4) is 0 Å². The molecule has 1 aromatic heterocycles. The number of benzene rings is 1. The van der Waals surface area contributed by atoms with Crippen molar-refractivity contribution >= 4 is 32.7 Å². The van der Waals surface area contributed by atoms with Crippen LogP contribution in [0.5, 0.6) is 0 Å². The SMILES string of the molecule is [C-]#[N+]c1cc2cc(Br)ccc2[nH]1. The number of hydrogen-bond donors (Lipinski definition) is 1. The zero-order valence-electron chi connectivity index (χ0n) is 6.13. The second-order valence-corrected chi connectivity index (χ2v) is 3.41. The lowest BCUT2D eigenvalue weighted by Gasteiger charge is -1.87. The monoisotopic (exact) mass is 220 g/mol. The predicted molar refractivity (Wildman–Crippen MR) is 52.3 cm³/mol. The van der Waals surface area contributed by atoms with E-state index in [0.29, 0.717) is 5.82 Å². The average molecular weight is 221 g/mol. The number of aromatic amines is 1. The van der Waals surface area contributed by atoms with E-state index in [4.69, 9.17) is 6.57 Å². The number of hydrogen-bond acceptors (Lipinski definition) is 0. The Bertz CT molecular complexity index is 465. The minimum absolute atomic E-state index is 0.586. The summed E-state index contributed by atoms with van der Waals surface area (Å²) in [5, 5.41) is 1.07. The Morgan fingerprint density at radius 2 is 2.17 bits per heavy atom. The second-order valence-electron chi connectivity index (χ2n) is 2.50. The third kappa shape index (κ3) is 1.10. The molecule has 0 saturated carbocycles. The minimum Gasteiger partial charge on any atom is -0.364 e. The Morgan fingerprint density at radius 1 is 1.33 bits per heavy atom. The van der Waals surface area contributed by atoms with Gasteiger partial charge in [0.2, 0.25) is 5.82 Å². The lowest BCUT2D eigenvalue weighted by Crippen LogP contribution is -1.66. The van der Waals surface area contributed by atoms with Crippen LogP contribution in [0.4, 0.5) is 5.82 Å². The van der Waals surface area contributed by atoms with Gasteiger partial charge in [0.1, 0.15) is 5.52 Å². The molecule has 0 unspecified atom stereocenters. The Labute approximate surface area is 78.2 Å². The lowest BCUT2D eigenvalue weighted by atomic mass is 10.2. The molecule has 0 saturated heterocycles. The van der Waals surface area contributed by atoms with Crippen molar-refractivity contribution in [1.29, 1.82) is 0 Å². The topological polar surface area (TPSA) is 20.1 Å². The molecule has 2 rings (SSSR count). The van der Waals surface area contributed by atoms with Gasteiger partial charge in [-0.05, 0) is 24.3 Å². The van der Waals surface area contributed by atoms with Crippen LogP contribution in [0.2, 0.25) is 0 Å². The van der Waals surface area contributed by atoms with Crippen molar-refractivity contribution in [2.24, 2.45) is 0 Å². The molecule has 0 fully saturated rings. The van der Waals surface area contributed by atoms with E-state index in [1.807, 2.05) is 24.3 Å². The van der Waals surface area contributed by atoms with Crippen LogP contribution in [0.1, 0.15) is 0 Å². The highest BCUT2D eigenvalue weighted by atomic mass is 79.9. The molecule has 1 heterocycles. The highest BCUT2D eigenvalue weighted by Gasteiger charge is 2.00. The summed E-state index contributed by atoms with van der Waals surface area (Å²) >= 11 is 3.37. The smallest absolute Gasteiger partial charge is 0.229 e. The van der Waals surface area contributed by atoms with Gasteiger partial charge in [-0.15, -0.1) is 0 Å². The Morgan fingerprint density at radius 3 is 2.92 bits per heavy atom. The summed E-state index contributed by atoms with van der Waals surface area (Å²) < 4.78 is 1.03. The number of nitrogens with one attached hydrogen (secondary N) is 1. The molecule has 1 aromatic carbocycles. The normalized spacial score (nSPS) is 10.0. The maximum atomic E-state index is 6.81. The molecule has 58 valence electrons. The number of fused-ring (bicyclic) bond motifs is 1. The van der Waals surface area contributed by atoms with Crippen molar-refractivity contribution in [3.8, 4) is 0 Å². The van der Waals surface area contributed by atoms with Crippen molar-refractivity contribution in [2.45, 2.75) is 0 Å². The van der Waals surface area contributed by atoms with Crippen molar-refractivity contribution < 1.29 is 0 Å². The zero-order valence-corrected chi connectivity index (χ0v) is 7.72. The van der Waals surface area contributed by atoms with Crippen LogP contribution in [-0.2, 0) is 0 Å². The molecule has 0 amide bonds. The molecule has 0 bridgehead atoms. The molecular weight excluding hydrogens is 216 g/mol. The van der Waals surface area contributed by atoms with Gasteiger partial charge in [-0.3, -0.25) is 0 Å². The third-order valence-electron chi connectivity index (χ3n) is 1.69. The van der Waals surface area contributed by atoms with Crippen LogP contribution >= 0.6 is 15.9 Å². The Hall–Kier alpha value is -1.27. The van der Waals surface area contributed by atoms with Crippen LogP contribution < -0.4 is 0 Å². The van der Waals surface area contributed by atoms with Gasteiger partial charge in [0, 0.05) is 9.86 Å². The number of rotatable bonds is 0. The van der Waals surface area contributed by atoms with Crippen molar-refractivity contribution in [2.75, 3.05) is 0 Å². The maximum absolute atomic E-state index is 6.81. The van der Waals surface area contributed by atoms with E-state index in [1.54, 1.807) is 0 Å². The largest absolute Gasteiger partial charge is 0.364 e. The van der Waals surface area contributed by atoms with Crippen molar-refractivity contribution in [3.63, 3.8) is 0 Å². The number of nitrogens with zero attached hydrogens (tertiary/aromatic N) is 1. The van der Waals surface area contributed by atoms with E-state index in [-0.39, 0.29) is 0 Å². The minimum atomic E-state index is 0.586. The second kappa shape index (κ2) is 2.65. The molecule has 2 nitrogen and oxygen atoms in total. The first kappa shape index (κ1) is 7.38. The van der Waals surface area contributed by atoms with Crippen LogP contribution in [0.25, 0.3) is 15.7 Å². The fraction of sp³-hybridized carbons (Fsp3) is 0. The molecule has 12 heavy (non-hydrogen) atoms. The summed E-state index contributed by atoms with van der Waals surface area (Å²) in [4.78, 5) is 6.31. The molecular formula is C9H5BrN2. The van der Waals surface area contributed by atoms with Crippen LogP contribution in [0, 0.1) is 6.57 Å². The standard InChI is InChI=1S/C9H5BrN2/c1-11-9-5-6-4-7(10)2-3-8(6)12-9/h2-5,12H. The zero-order chi connectivity index (χ0) is 8.55. The summed E-state index contributed by atoms with van der Waals surface area (Å²) in [7, 11) is 0. The van der Waals surface area contributed by atoms with E-state index in [2.05, 4.69) is 25.8 Å². The average Bonchev–Trinajstić information content (AvgIpc) is 2.46. The molecule has 0 radical (unpaired) electrons. The van der Waals surface area contributed by atoms with E-state index in [0.717, 1.165) is 15.4 Å². The van der Waals surface area contributed by atoms with Gasteiger partial charge in [0.25, 0.3) is 0 Å². The Balaban J connectivity index is 2.77. The molecule has 0 aliphatic rings. The number of halogens is 1. The summed E-state index contributed by atoms with van der Waals surface area (Å²) in [5.41, 5.74) is 1.00. The van der Waals surface area contributed by atoms with Crippen molar-refractivity contribution in [1.82, 2.24) is 4.98 Å². The van der Waals surface area contributed by atoms with Gasteiger partial charge in [-0.1, -0.05) is 22.5 Å². The highest BCUT2D eigenvalue weighted by Crippen LogP contribution is 2.23. The summed E-state index contributed by atoms with van der Waals surface area (Å²) in [6.45, 7) is 6.81. The first-order valence-corrected chi connectivity index (χ1v) is 4.24. The van der Waals surface area contributed by atoms with E-state index in [9.17, 15) is 0 Å². The van der Waals surface area contributed by atoms with Gasteiger partial charge in [-0.25, -0.2) is 0 Å². The van der Waals surface area contributed by atoms with Gasteiger partial charge in [-0.2, -0.15) is 0 Å². The molecule has 0 spiro atoms. The fourth-order valence-corrected chi connectivity index (χ4v) is 1.53. The molecule has 2 aromatic rings. The van der Waals surface area contributed by atoms with E-state index < -0.39 is 0 Å². The summed E-state index contributed by atoms with van der Waals surface area (Å²) in [5.74, 6) is 0.586. The summed E-state index contributed by atoms with van der Waals surface area (Å²) in [6.07, 6.45) is 0. The lowest BCUT2D eigenvalue weighted by molar-refractivity contribution is 1.50. The van der Waals surface area contributed by atoms with Gasteiger partial charge in [0.05, 0.1) is 0 Å². The molecule has 1 N–H and O–H groups in total. The van der Waals surface area contributed by atoms with Crippen LogP contribution in [-0.4, -0.2) is 4.98 Å². The van der Waals surface area contributed by atoms with E-state index in [1.165, 1.54) is 0 Å². The predicted octanol–water partition coefficient (Wildman–Crippen LogP) is 3.48. The fourth-order valence-electron chi connectivity index (χ4n) is 1.15. The summed E-state index contributed by atoms with van der Waals surface area (Å²) in [6, 6.07) is 7.73. The van der Waals surface area contributed by atoms with Gasteiger partial charge < -0.3 is 9.83 Å². The van der Waals surface area contributed by atoms with Gasteiger partial charge >= 0.3 is 0 Å². The molecule has 0 atom stereocenters. The van der Waals surface area contributed by atoms with Crippen LogP contribution in [0.15, 0.2) is 28.7 Å². The highest BCUT2D eigenvalue weighted by molar-refractivity contribution is 9.10. The first-order valence-electron chi connectivity index (χ1n) is 3.45. The number of aromatic nitrogens is 1. The maximum Gasteiger partial charge on any atom is 0.229 e. The molecule has 0 aliphatic heterocycles. The third-order valence-corrected chi connectivity index (χ3v) is 2.18. The first-order chi connectivity index (χ1) is 5.79. The number of H-pyrrole nitrogens is 1. The van der Waals surface area contributed by atoms with Gasteiger partial charge in [0.15, 0.2) is 0 Å². The molecule has 0 aliphatic carbocycles. The van der Waals surface area contributed by atoms with E-state index >= 15 is 0 Å². The quantitative estimate of drug-likeness (QED) is 0.657. The Kier molecular flexibility index (Phi) is 1.63.